The first kappa shape index (κ1) is 13.6. The monoisotopic (exact) mass is 288 g/mol. The molecular formula is C14H16N4O3. The van der Waals surface area contributed by atoms with Gasteiger partial charge < -0.3 is 5.73 Å². The maximum atomic E-state index is 12.6. The number of imide groups is 1. The van der Waals surface area contributed by atoms with Crippen molar-refractivity contribution in [2.24, 2.45) is 0 Å². The number of hydrogen-bond donors (Lipinski definition) is 2. The highest BCUT2D eigenvalue weighted by Gasteiger charge is 2.40. The van der Waals surface area contributed by atoms with E-state index < -0.39 is 11.9 Å². The molecule has 0 saturated carbocycles. The summed E-state index contributed by atoms with van der Waals surface area (Å²) in [5, 5.41) is 5.41. The summed E-state index contributed by atoms with van der Waals surface area (Å²) in [6.07, 6.45) is 0.577. The van der Waals surface area contributed by atoms with E-state index in [0.717, 1.165) is 5.56 Å². The summed E-state index contributed by atoms with van der Waals surface area (Å²) in [6.45, 7) is 0.490. The van der Waals surface area contributed by atoms with Crippen LogP contribution in [0.5, 0.6) is 0 Å². The number of nitrogen functional groups attached to an aromatic ring is 1. The van der Waals surface area contributed by atoms with E-state index in [0.29, 0.717) is 24.2 Å². The standard InChI is InChI=1S/C14H16N4O3/c1-17-7-8-6-9(15)2-3-10(8)14(21)18(17)11-4-5-12(19)16-13(11)20/h2-3,6,11H,4-5,7,15H2,1H3,(H,16,19,20). The molecule has 0 aromatic heterocycles. The lowest BCUT2D eigenvalue weighted by atomic mass is 9.99. The molecule has 1 fully saturated rings. The smallest absolute Gasteiger partial charge is 0.269 e. The number of hydrogen-bond acceptors (Lipinski definition) is 5. The lowest BCUT2D eigenvalue weighted by Crippen LogP contribution is -2.60. The summed E-state index contributed by atoms with van der Waals surface area (Å²) in [5.41, 5.74) is 7.73. The number of amides is 3. The van der Waals surface area contributed by atoms with E-state index in [1.54, 1.807) is 30.3 Å². The molecule has 7 heteroatoms. The summed E-state index contributed by atoms with van der Waals surface area (Å²) in [5.74, 6) is -0.963. The van der Waals surface area contributed by atoms with Crippen LogP contribution in [-0.4, -0.2) is 40.8 Å². The molecule has 1 aromatic carbocycles. The Hall–Kier alpha value is -2.41. The predicted octanol–water partition coefficient (Wildman–Crippen LogP) is -0.123. The molecule has 0 radical (unpaired) electrons. The van der Waals surface area contributed by atoms with E-state index in [1.807, 2.05) is 0 Å². The zero-order valence-corrected chi connectivity index (χ0v) is 11.6. The fraction of sp³-hybridized carbons (Fsp3) is 0.357. The van der Waals surface area contributed by atoms with Crippen molar-refractivity contribution >= 4 is 23.4 Å². The summed E-state index contributed by atoms with van der Waals surface area (Å²) in [4.78, 5) is 35.9. The SMILES string of the molecule is CN1Cc2cc(N)ccc2C(=O)N1C1CCC(=O)NC1=O. The quantitative estimate of drug-likeness (QED) is 0.554. The fourth-order valence-corrected chi connectivity index (χ4v) is 2.85. The molecule has 1 saturated heterocycles. The molecule has 1 atom stereocenters. The molecule has 1 aromatic rings. The van der Waals surface area contributed by atoms with Gasteiger partial charge in [0.05, 0.1) is 0 Å². The van der Waals surface area contributed by atoms with Crippen LogP contribution in [0.1, 0.15) is 28.8 Å². The molecule has 3 N–H and O–H groups in total. The van der Waals surface area contributed by atoms with Gasteiger partial charge in [0.25, 0.3) is 11.8 Å². The number of fused-ring (bicyclic) bond motifs is 1. The number of nitrogens with two attached hydrogens (primary N) is 1. The van der Waals surface area contributed by atoms with Crippen LogP contribution in [0.3, 0.4) is 0 Å². The second-order valence-corrected chi connectivity index (χ2v) is 5.35. The Labute approximate surface area is 121 Å². The van der Waals surface area contributed by atoms with Crippen molar-refractivity contribution in [3.8, 4) is 0 Å². The third-order valence-corrected chi connectivity index (χ3v) is 3.84. The first-order valence-electron chi connectivity index (χ1n) is 6.74. The molecule has 7 nitrogen and oxygen atoms in total. The van der Waals surface area contributed by atoms with E-state index in [9.17, 15) is 14.4 Å². The average Bonchev–Trinajstić information content (AvgIpc) is 2.40. The third kappa shape index (κ3) is 2.25. The number of nitrogens with zero attached hydrogens (tertiary/aromatic N) is 2. The zero-order valence-electron chi connectivity index (χ0n) is 11.6. The molecule has 2 heterocycles. The molecule has 2 aliphatic rings. The highest BCUT2D eigenvalue weighted by molar-refractivity contribution is 6.04. The fourth-order valence-electron chi connectivity index (χ4n) is 2.85. The molecular weight excluding hydrogens is 272 g/mol. The van der Waals surface area contributed by atoms with Gasteiger partial charge in [-0.25, -0.2) is 5.01 Å². The van der Waals surface area contributed by atoms with Crippen LogP contribution in [-0.2, 0) is 16.1 Å². The van der Waals surface area contributed by atoms with Crippen LogP contribution in [0.15, 0.2) is 18.2 Å². The number of carbonyl (C=O) groups excluding carboxylic acids is 3. The van der Waals surface area contributed by atoms with Gasteiger partial charge in [-0.2, -0.15) is 0 Å². The number of rotatable bonds is 1. The van der Waals surface area contributed by atoms with E-state index in [2.05, 4.69) is 5.32 Å². The van der Waals surface area contributed by atoms with E-state index in [4.69, 9.17) is 5.73 Å². The molecule has 0 spiro atoms. The van der Waals surface area contributed by atoms with Crippen molar-refractivity contribution < 1.29 is 14.4 Å². The third-order valence-electron chi connectivity index (χ3n) is 3.84. The van der Waals surface area contributed by atoms with Gasteiger partial charge in [0.2, 0.25) is 5.91 Å². The van der Waals surface area contributed by atoms with Crippen molar-refractivity contribution in [3.05, 3.63) is 29.3 Å². The molecule has 21 heavy (non-hydrogen) atoms. The van der Waals surface area contributed by atoms with Crippen molar-refractivity contribution in [2.75, 3.05) is 12.8 Å². The first-order valence-corrected chi connectivity index (χ1v) is 6.74. The number of anilines is 1. The lowest BCUT2D eigenvalue weighted by Gasteiger charge is -2.42. The number of piperidine rings is 1. The first-order chi connectivity index (χ1) is 9.97. The average molecular weight is 288 g/mol. The minimum absolute atomic E-state index is 0.239. The van der Waals surface area contributed by atoms with Crippen LogP contribution in [0.4, 0.5) is 5.69 Å². The van der Waals surface area contributed by atoms with Gasteiger partial charge in [0, 0.05) is 31.3 Å². The Balaban J connectivity index is 1.94. The topological polar surface area (TPSA) is 95.7 Å². The van der Waals surface area contributed by atoms with Crippen molar-refractivity contribution in [3.63, 3.8) is 0 Å². The summed E-state index contributed by atoms with van der Waals surface area (Å²) < 4.78 is 0. The Morgan fingerprint density at radius 2 is 2.05 bits per heavy atom. The second-order valence-electron chi connectivity index (χ2n) is 5.35. The zero-order chi connectivity index (χ0) is 15.1. The van der Waals surface area contributed by atoms with Gasteiger partial charge >= 0.3 is 0 Å². The normalized spacial score (nSPS) is 23.0. The van der Waals surface area contributed by atoms with Crippen LogP contribution >= 0.6 is 0 Å². The molecule has 2 aliphatic heterocycles. The number of benzene rings is 1. The largest absolute Gasteiger partial charge is 0.399 e. The van der Waals surface area contributed by atoms with Gasteiger partial charge in [0.15, 0.2) is 0 Å². The van der Waals surface area contributed by atoms with E-state index in [-0.39, 0.29) is 18.2 Å². The Kier molecular flexibility index (Phi) is 3.13. The molecule has 0 bridgehead atoms. The maximum Gasteiger partial charge on any atom is 0.269 e. The molecule has 3 amide bonds. The van der Waals surface area contributed by atoms with Gasteiger partial charge in [-0.3, -0.25) is 24.7 Å². The van der Waals surface area contributed by atoms with Crippen molar-refractivity contribution in [1.29, 1.82) is 0 Å². The molecule has 3 rings (SSSR count). The predicted molar refractivity (Wildman–Crippen MR) is 74.7 cm³/mol. The highest BCUT2D eigenvalue weighted by Crippen LogP contribution is 2.27. The number of nitrogens with one attached hydrogen (secondary N) is 1. The van der Waals surface area contributed by atoms with Gasteiger partial charge in [-0.15, -0.1) is 0 Å². The van der Waals surface area contributed by atoms with Crippen LogP contribution < -0.4 is 11.1 Å². The van der Waals surface area contributed by atoms with Crippen LogP contribution in [0.2, 0.25) is 0 Å². The van der Waals surface area contributed by atoms with Crippen molar-refractivity contribution in [1.82, 2.24) is 15.3 Å². The van der Waals surface area contributed by atoms with Gasteiger partial charge in [-0.05, 0) is 30.2 Å². The maximum absolute atomic E-state index is 12.6. The van der Waals surface area contributed by atoms with E-state index >= 15 is 0 Å². The molecule has 110 valence electrons. The van der Waals surface area contributed by atoms with E-state index in [1.165, 1.54) is 5.01 Å². The second kappa shape index (κ2) is 4.85. The summed E-state index contributed by atoms with van der Waals surface area (Å²) in [6, 6.07) is 4.47. The Bertz CT molecular complexity index is 643. The minimum atomic E-state index is -0.647. The van der Waals surface area contributed by atoms with Gasteiger partial charge in [-0.1, -0.05) is 0 Å². The van der Waals surface area contributed by atoms with Crippen LogP contribution in [0, 0.1) is 0 Å². The van der Waals surface area contributed by atoms with Crippen LogP contribution in [0.25, 0.3) is 0 Å². The summed E-state index contributed by atoms with van der Waals surface area (Å²) in [7, 11) is 1.74. The Morgan fingerprint density at radius 3 is 2.76 bits per heavy atom. The molecule has 0 aliphatic carbocycles. The highest BCUT2D eigenvalue weighted by atomic mass is 16.2. The van der Waals surface area contributed by atoms with Gasteiger partial charge in [0.1, 0.15) is 6.04 Å². The minimum Gasteiger partial charge on any atom is -0.399 e. The summed E-state index contributed by atoms with van der Waals surface area (Å²) >= 11 is 0. The Morgan fingerprint density at radius 1 is 1.29 bits per heavy atom. The molecule has 1 unspecified atom stereocenters. The lowest BCUT2D eigenvalue weighted by molar-refractivity contribution is -0.142. The number of hydrazine groups is 1. The number of carbonyl (C=O) groups is 3. The van der Waals surface area contributed by atoms with Crippen molar-refractivity contribution in [2.45, 2.75) is 25.4 Å².